The number of fused-ring (bicyclic) bond motifs is 3. The number of hydrogen-bond donors (Lipinski definition) is 1. The standard InChI is InChI=1S/C14H17N3/c1-9-13-10-7-14(4-5-14)17(2)8-12(10)16-11(13)3-6-15-9/h3,6,16H,4-5,7-8H2,1-2H3. The lowest BCUT2D eigenvalue weighted by atomic mass is 9.95. The molecule has 1 N–H and O–H groups in total. The van der Waals surface area contributed by atoms with Crippen LogP contribution in [0.15, 0.2) is 12.3 Å². The van der Waals surface area contributed by atoms with Crippen molar-refractivity contribution in [1.29, 1.82) is 0 Å². The Morgan fingerprint density at radius 1 is 1.41 bits per heavy atom. The van der Waals surface area contributed by atoms with Crippen LogP contribution in [0.1, 0.15) is 29.8 Å². The van der Waals surface area contributed by atoms with Crippen LogP contribution in [0.25, 0.3) is 10.9 Å². The monoisotopic (exact) mass is 227 g/mol. The molecule has 0 saturated heterocycles. The van der Waals surface area contributed by atoms with Gasteiger partial charge >= 0.3 is 0 Å². The van der Waals surface area contributed by atoms with Gasteiger partial charge < -0.3 is 4.98 Å². The number of rotatable bonds is 0. The fraction of sp³-hybridized carbons (Fsp3) is 0.500. The van der Waals surface area contributed by atoms with Crippen LogP contribution in [0.5, 0.6) is 0 Å². The molecule has 1 aliphatic heterocycles. The van der Waals surface area contributed by atoms with Crippen molar-refractivity contribution in [2.24, 2.45) is 0 Å². The summed E-state index contributed by atoms with van der Waals surface area (Å²) in [6.45, 7) is 3.18. The molecule has 0 amide bonds. The number of nitrogens with zero attached hydrogens (tertiary/aromatic N) is 2. The molecule has 2 aromatic rings. The van der Waals surface area contributed by atoms with E-state index < -0.39 is 0 Å². The summed E-state index contributed by atoms with van der Waals surface area (Å²) >= 11 is 0. The fourth-order valence-electron chi connectivity index (χ4n) is 3.34. The molecule has 0 bridgehead atoms. The van der Waals surface area contributed by atoms with Crippen LogP contribution in [0.2, 0.25) is 0 Å². The minimum Gasteiger partial charge on any atom is -0.357 e. The predicted octanol–water partition coefficient (Wildman–Crippen LogP) is 2.39. The topological polar surface area (TPSA) is 31.9 Å². The molecule has 2 aliphatic rings. The van der Waals surface area contributed by atoms with Gasteiger partial charge in [0, 0.05) is 40.6 Å². The van der Waals surface area contributed by atoms with E-state index in [1.54, 1.807) is 0 Å². The summed E-state index contributed by atoms with van der Waals surface area (Å²) in [6.07, 6.45) is 5.81. The van der Waals surface area contributed by atoms with Crippen LogP contribution in [0.3, 0.4) is 0 Å². The van der Waals surface area contributed by atoms with Crippen molar-refractivity contribution in [2.75, 3.05) is 7.05 Å². The highest BCUT2D eigenvalue weighted by molar-refractivity contribution is 5.87. The van der Waals surface area contributed by atoms with E-state index in [1.165, 1.54) is 47.1 Å². The largest absolute Gasteiger partial charge is 0.357 e. The van der Waals surface area contributed by atoms with Crippen molar-refractivity contribution in [2.45, 2.75) is 38.3 Å². The highest BCUT2D eigenvalue weighted by Crippen LogP contribution is 2.49. The molecular formula is C14H17N3. The van der Waals surface area contributed by atoms with Gasteiger partial charge in [-0.05, 0) is 44.9 Å². The molecule has 0 aromatic carbocycles. The number of aromatic amines is 1. The van der Waals surface area contributed by atoms with Crippen LogP contribution in [-0.4, -0.2) is 27.5 Å². The maximum Gasteiger partial charge on any atom is 0.0493 e. The number of H-pyrrole nitrogens is 1. The number of likely N-dealkylation sites (N-methyl/N-ethyl adjacent to an activating group) is 1. The van der Waals surface area contributed by atoms with Crippen LogP contribution in [-0.2, 0) is 13.0 Å². The Hall–Kier alpha value is -1.35. The molecule has 4 rings (SSSR count). The lowest BCUT2D eigenvalue weighted by Crippen LogP contribution is -2.39. The molecule has 1 aliphatic carbocycles. The van der Waals surface area contributed by atoms with E-state index in [4.69, 9.17) is 0 Å². The van der Waals surface area contributed by atoms with E-state index in [2.05, 4.69) is 34.9 Å². The van der Waals surface area contributed by atoms with Gasteiger partial charge in [0.2, 0.25) is 0 Å². The van der Waals surface area contributed by atoms with Gasteiger partial charge in [-0.3, -0.25) is 9.88 Å². The van der Waals surface area contributed by atoms with E-state index in [0.29, 0.717) is 5.54 Å². The van der Waals surface area contributed by atoms with Gasteiger partial charge in [0.1, 0.15) is 0 Å². The number of aryl methyl sites for hydroxylation is 1. The normalized spacial score (nSPS) is 22.0. The lowest BCUT2D eigenvalue weighted by Gasteiger charge is -2.33. The second-order valence-electron chi connectivity index (χ2n) is 5.66. The first-order valence-electron chi connectivity index (χ1n) is 6.36. The number of nitrogens with one attached hydrogen (secondary N) is 1. The minimum absolute atomic E-state index is 0.477. The van der Waals surface area contributed by atoms with Crippen molar-refractivity contribution in [3.8, 4) is 0 Å². The summed E-state index contributed by atoms with van der Waals surface area (Å²) in [4.78, 5) is 10.5. The average Bonchev–Trinajstić information content (AvgIpc) is 2.97. The summed E-state index contributed by atoms with van der Waals surface area (Å²) in [7, 11) is 2.26. The van der Waals surface area contributed by atoms with Crippen molar-refractivity contribution < 1.29 is 0 Å². The second-order valence-corrected chi connectivity index (χ2v) is 5.66. The molecular weight excluding hydrogens is 210 g/mol. The van der Waals surface area contributed by atoms with Gasteiger partial charge in [0.25, 0.3) is 0 Å². The van der Waals surface area contributed by atoms with Gasteiger partial charge in [-0.1, -0.05) is 0 Å². The van der Waals surface area contributed by atoms with Gasteiger partial charge in [0.05, 0.1) is 0 Å². The summed E-state index contributed by atoms with van der Waals surface area (Å²) < 4.78 is 0. The Morgan fingerprint density at radius 3 is 3.00 bits per heavy atom. The number of hydrogen-bond acceptors (Lipinski definition) is 2. The zero-order valence-electron chi connectivity index (χ0n) is 10.4. The summed E-state index contributed by atoms with van der Waals surface area (Å²) in [5.41, 5.74) is 5.83. The van der Waals surface area contributed by atoms with Crippen molar-refractivity contribution in [3.63, 3.8) is 0 Å². The molecule has 88 valence electrons. The molecule has 1 saturated carbocycles. The minimum atomic E-state index is 0.477. The van der Waals surface area contributed by atoms with Crippen molar-refractivity contribution in [3.05, 3.63) is 29.2 Å². The van der Waals surface area contributed by atoms with Crippen LogP contribution < -0.4 is 0 Å². The summed E-state index contributed by atoms with van der Waals surface area (Å²) in [5.74, 6) is 0. The van der Waals surface area contributed by atoms with Crippen LogP contribution in [0, 0.1) is 6.92 Å². The van der Waals surface area contributed by atoms with Crippen LogP contribution in [0.4, 0.5) is 0 Å². The van der Waals surface area contributed by atoms with E-state index in [0.717, 1.165) is 6.54 Å². The first-order chi connectivity index (χ1) is 8.20. The molecule has 2 aromatic heterocycles. The SMILES string of the molecule is Cc1nccc2[nH]c3c(c12)CC1(CC1)N(C)C3. The van der Waals surface area contributed by atoms with E-state index >= 15 is 0 Å². The Balaban J connectivity index is 1.98. The maximum absolute atomic E-state index is 4.44. The maximum atomic E-state index is 4.44. The summed E-state index contributed by atoms with van der Waals surface area (Å²) in [6, 6.07) is 2.10. The fourth-order valence-corrected chi connectivity index (χ4v) is 3.34. The van der Waals surface area contributed by atoms with E-state index in [1.807, 2.05) is 6.20 Å². The van der Waals surface area contributed by atoms with Crippen molar-refractivity contribution >= 4 is 10.9 Å². The van der Waals surface area contributed by atoms with Gasteiger partial charge in [-0.2, -0.15) is 0 Å². The van der Waals surface area contributed by atoms with Gasteiger partial charge in [-0.25, -0.2) is 0 Å². The molecule has 3 nitrogen and oxygen atoms in total. The Kier molecular flexibility index (Phi) is 1.65. The highest BCUT2D eigenvalue weighted by Gasteiger charge is 2.49. The Morgan fingerprint density at radius 2 is 2.24 bits per heavy atom. The molecule has 3 heterocycles. The zero-order valence-corrected chi connectivity index (χ0v) is 10.4. The first-order valence-corrected chi connectivity index (χ1v) is 6.36. The molecule has 1 spiro atoms. The smallest absolute Gasteiger partial charge is 0.0493 e. The van der Waals surface area contributed by atoms with Gasteiger partial charge in [0.15, 0.2) is 0 Å². The van der Waals surface area contributed by atoms with E-state index in [9.17, 15) is 0 Å². The molecule has 0 atom stereocenters. The summed E-state index contributed by atoms with van der Waals surface area (Å²) in [5, 5.41) is 1.38. The molecule has 17 heavy (non-hydrogen) atoms. The third-order valence-corrected chi connectivity index (χ3v) is 4.63. The highest BCUT2D eigenvalue weighted by atomic mass is 15.2. The lowest BCUT2D eigenvalue weighted by molar-refractivity contribution is 0.193. The molecule has 3 heteroatoms. The Bertz CT molecular complexity index is 607. The number of aromatic nitrogens is 2. The van der Waals surface area contributed by atoms with E-state index in [-0.39, 0.29) is 0 Å². The second kappa shape index (κ2) is 2.91. The third-order valence-electron chi connectivity index (χ3n) is 4.63. The van der Waals surface area contributed by atoms with Crippen LogP contribution >= 0.6 is 0 Å². The Labute approximate surface area is 101 Å². The zero-order chi connectivity index (χ0) is 11.6. The predicted molar refractivity (Wildman–Crippen MR) is 68.0 cm³/mol. The first kappa shape index (κ1) is 9.66. The molecule has 0 radical (unpaired) electrons. The van der Waals surface area contributed by atoms with Crippen molar-refractivity contribution in [1.82, 2.24) is 14.9 Å². The third kappa shape index (κ3) is 1.18. The quantitative estimate of drug-likeness (QED) is 0.749. The molecule has 1 fully saturated rings. The van der Waals surface area contributed by atoms with Gasteiger partial charge in [-0.15, -0.1) is 0 Å². The molecule has 0 unspecified atom stereocenters. The average molecular weight is 227 g/mol. The number of pyridine rings is 1.